The fourth-order valence-electron chi connectivity index (χ4n) is 2.62. The van der Waals surface area contributed by atoms with E-state index in [-0.39, 0.29) is 24.5 Å². The summed E-state index contributed by atoms with van der Waals surface area (Å²) in [5.74, 6) is 0.434. The number of hydrogen-bond acceptors (Lipinski definition) is 4. The second kappa shape index (κ2) is 6.64. The Morgan fingerprint density at radius 3 is 3.13 bits per heavy atom. The topological polar surface area (TPSA) is 79.9 Å². The van der Waals surface area contributed by atoms with Crippen LogP contribution in [0.25, 0.3) is 0 Å². The largest absolute Gasteiger partial charge is 0.479 e. The van der Waals surface area contributed by atoms with Crippen molar-refractivity contribution in [3.05, 3.63) is 17.2 Å². The molecule has 23 heavy (non-hydrogen) atoms. The van der Waals surface area contributed by atoms with E-state index in [9.17, 15) is 9.59 Å². The molecule has 0 aliphatic carbocycles. The van der Waals surface area contributed by atoms with Crippen LogP contribution in [0, 0.1) is 5.92 Å². The molecule has 2 aliphatic heterocycles. The van der Waals surface area contributed by atoms with Crippen LogP contribution in [0.4, 0.5) is 16.2 Å². The van der Waals surface area contributed by atoms with Crippen LogP contribution in [0.3, 0.4) is 0 Å². The van der Waals surface area contributed by atoms with E-state index in [2.05, 4.69) is 10.6 Å². The molecule has 124 valence electrons. The molecule has 1 aromatic rings. The highest BCUT2D eigenvalue weighted by molar-refractivity contribution is 6.31. The Morgan fingerprint density at radius 2 is 2.30 bits per heavy atom. The number of carbonyl (C=O) groups is 2. The molecule has 1 aromatic carbocycles. The Bertz CT molecular complexity index is 637. The van der Waals surface area contributed by atoms with Crippen LogP contribution < -0.4 is 15.4 Å². The third-order valence-corrected chi connectivity index (χ3v) is 3.86. The van der Waals surface area contributed by atoms with E-state index in [0.717, 1.165) is 0 Å². The molecule has 3 rings (SSSR count). The highest BCUT2D eigenvalue weighted by atomic mass is 35.5. The number of anilines is 2. The van der Waals surface area contributed by atoms with Gasteiger partial charge in [0, 0.05) is 18.1 Å². The molecule has 0 radical (unpaired) electrons. The molecule has 0 bridgehead atoms. The second-order valence-electron chi connectivity index (χ2n) is 5.72. The number of ether oxygens (including phenoxy) is 2. The minimum Gasteiger partial charge on any atom is -0.479 e. The number of nitrogens with one attached hydrogen (secondary N) is 2. The number of urea groups is 1. The Labute approximate surface area is 138 Å². The molecule has 0 saturated carbocycles. The van der Waals surface area contributed by atoms with Crippen molar-refractivity contribution in [2.75, 3.05) is 43.5 Å². The Kier molecular flexibility index (Phi) is 4.58. The summed E-state index contributed by atoms with van der Waals surface area (Å²) < 4.78 is 10.9. The molecule has 8 heteroatoms. The molecule has 0 spiro atoms. The van der Waals surface area contributed by atoms with Gasteiger partial charge < -0.3 is 25.0 Å². The third kappa shape index (κ3) is 3.68. The number of benzene rings is 1. The lowest BCUT2D eigenvalue weighted by Crippen LogP contribution is -2.38. The fourth-order valence-corrected chi connectivity index (χ4v) is 2.84. The van der Waals surface area contributed by atoms with Gasteiger partial charge in [0.1, 0.15) is 0 Å². The van der Waals surface area contributed by atoms with Crippen LogP contribution in [0.1, 0.15) is 6.92 Å². The molecule has 1 unspecified atom stereocenters. The van der Waals surface area contributed by atoms with Gasteiger partial charge >= 0.3 is 6.03 Å². The van der Waals surface area contributed by atoms with Gasteiger partial charge in [0.15, 0.2) is 12.4 Å². The lowest BCUT2D eigenvalue weighted by atomic mass is 10.2. The van der Waals surface area contributed by atoms with Crippen molar-refractivity contribution in [3.8, 4) is 5.75 Å². The number of nitrogens with zero attached hydrogens (tertiary/aromatic N) is 1. The molecular weight excluding hydrogens is 322 g/mol. The van der Waals surface area contributed by atoms with Crippen molar-refractivity contribution in [1.82, 2.24) is 4.90 Å². The fraction of sp³-hybridized carbons (Fsp3) is 0.467. The zero-order valence-electron chi connectivity index (χ0n) is 12.7. The van der Waals surface area contributed by atoms with E-state index in [1.54, 1.807) is 17.0 Å². The maximum absolute atomic E-state index is 12.5. The maximum atomic E-state index is 12.5. The van der Waals surface area contributed by atoms with Gasteiger partial charge in [0.25, 0.3) is 5.91 Å². The average Bonchev–Trinajstić information content (AvgIpc) is 2.71. The minimum atomic E-state index is -0.254. The number of hydrogen-bond donors (Lipinski definition) is 2. The number of rotatable bonds is 1. The van der Waals surface area contributed by atoms with Crippen LogP contribution in [-0.2, 0) is 9.53 Å². The Morgan fingerprint density at radius 1 is 1.48 bits per heavy atom. The van der Waals surface area contributed by atoms with E-state index in [4.69, 9.17) is 21.1 Å². The van der Waals surface area contributed by atoms with Gasteiger partial charge in [-0.3, -0.25) is 4.79 Å². The summed E-state index contributed by atoms with van der Waals surface area (Å²) in [5, 5.41) is 5.89. The Hall–Kier alpha value is -1.99. The van der Waals surface area contributed by atoms with E-state index < -0.39 is 0 Å². The smallest absolute Gasteiger partial charge is 0.322 e. The van der Waals surface area contributed by atoms with Crippen molar-refractivity contribution in [2.45, 2.75) is 6.92 Å². The van der Waals surface area contributed by atoms with Gasteiger partial charge in [-0.25, -0.2) is 4.79 Å². The lowest BCUT2D eigenvalue weighted by Gasteiger charge is -2.25. The highest BCUT2D eigenvalue weighted by Crippen LogP contribution is 2.38. The SMILES string of the molecule is CC1COCCN(C(=O)Nc2cc(Cl)cc3c2OCC(=O)N3)C1. The molecule has 3 amide bonds. The first-order chi connectivity index (χ1) is 11.0. The number of carbonyl (C=O) groups excluding carboxylic acids is 2. The van der Waals surface area contributed by atoms with Crippen molar-refractivity contribution in [2.24, 2.45) is 5.92 Å². The van der Waals surface area contributed by atoms with E-state index >= 15 is 0 Å². The first-order valence-electron chi connectivity index (χ1n) is 7.43. The van der Waals surface area contributed by atoms with Gasteiger partial charge in [-0.1, -0.05) is 18.5 Å². The van der Waals surface area contributed by atoms with Gasteiger partial charge in [-0.05, 0) is 18.1 Å². The van der Waals surface area contributed by atoms with Crippen molar-refractivity contribution in [3.63, 3.8) is 0 Å². The van der Waals surface area contributed by atoms with E-state index in [1.807, 2.05) is 6.92 Å². The van der Waals surface area contributed by atoms with Crippen LogP contribution in [0.5, 0.6) is 5.75 Å². The predicted octanol–water partition coefficient (Wildman–Crippen LogP) is 2.17. The molecule has 2 heterocycles. The molecule has 1 fully saturated rings. The summed E-state index contributed by atoms with van der Waals surface area (Å²) in [4.78, 5) is 25.6. The van der Waals surface area contributed by atoms with Gasteiger partial charge in [-0.15, -0.1) is 0 Å². The van der Waals surface area contributed by atoms with Gasteiger partial charge in [-0.2, -0.15) is 0 Å². The summed E-state index contributed by atoms with van der Waals surface area (Å²) in [6, 6.07) is 2.95. The first-order valence-corrected chi connectivity index (χ1v) is 7.80. The summed E-state index contributed by atoms with van der Waals surface area (Å²) >= 11 is 6.06. The summed E-state index contributed by atoms with van der Waals surface area (Å²) in [7, 11) is 0. The number of amides is 3. The van der Waals surface area contributed by atoms with Gasteiger partial charge in [0.05, 0.1) is 24.6 Å². The average molecular weight is 340 g/mol. The zero-order chi connectivity index (χ0) is 16.4. The molecule has 1 saturated heterocycles. The zero-order valence-corrected chi connectivity index (χ0v) is 13.5. The normalized spacial score (nSPS) is 20.9. The first kappa shape index (κ1) is 15.9. The van der Waals surface area contributed by atoms with Crippen LogP contribution >= 0.6 is 11.6 Å². The standard InChI is InChI=1S/C15H18ClN3O4/c1-9-6-19(2-3-22-7-9)15(21)18-12-5-10(16)4-11-14(12)23-8-13(20)17-11/h4-5,9H,2-3,6-8H2,1H3,(H,17,20)(H,18,21). The lowest BCUT2D eigenvalue weighted by molar-refractivity contribution is -0.118. The maximum Gasteiger partial charge on any atom is 0.322 e. The molecule has 1 atom stereocenters. The van der Waals surface area contributed by atoms with Crippen molar-refractivity contribution < 1.29 is 19.1 Å². The Balaban J connectivity index is 1.79. The van der Waals surface area contributed by atoms with Crippen LogP contribution in [0.15, 0.2) is 12.1 Å². The molecule has 0 aromatic heterocycles. The molecule has 7 nitrogen and oxygen atoms in total. The van der Waals surface area contributed by atoms with E-state index in [0.29, 0.717) is 48.5 Å². The van der Waals surface area contributed by atoms with Crippen LogP contribution in [-0.4, -0.2) is 49.7 Å². The number of halogens is 1. The number of fused-ring (bicyclic) bond motifs is 1. The summed E-state index contributed by atoms with van der Waals surface area (Å²) in [6.07, 6.45) is 0. The second-order valence-corrected chi connectivity index (χ2v) is 6.16. The predicted molar refractivity (Wildman–Crippen MR) is 86.2 cm³/mol. The van der Waals surface area contributed by atoms with Crippen molar-refractivity contribution in [1.29, 1.82) is 0 Å². The summed E-state index contributed by atoms with van der Waals surface area (Å²) in [5.41, 5.74) is 0.895. The van der Waals surface area contributed by atoms with E-state index in [1.165, 1.54) is 0 Å². The summed E-state index contributed by atoms with van der Waals surface area (Å²) in [6.45, 7) is 4.24. The van der Waals surface area contributed by atoms with Gasteiger partial charge in [0.2, 0.25) is 0 Å². The molecule has 2 aliphatic rings. The van der Waals surface area contributed by atoms with Crippen molar-refractivity contribution >= 4 is 34.9 Å². The highest BCUT2D eigenvalue weighted by Gasteiger charge is 2.24. The minimum absolute atomic E-state index is 0.0912. The quantitative estimate of drug-likeness (QED) is 0.821. The van der Waals surface area contributed by atoms with Crippen LogP contribution in [0.2, 0.25) is 5.02 Å². The molecular formula is C15H18ClN3O4. The third-order valence-electron chi connectivity index (χ3n) is 3.64. The monoisotopic (exact) mass is 339 g/mol. The molecule has 2 N–H and O–H groups in total.